The monoisotopic (exact) mass is 257 g/mol. The van der Waals surface area contributed by atoms with Gasteiger partial charge in [-0.2, -0.15) is 0 Å². The van der Waals surface area contributed by atoms with Crippen LogP contribution in [0.3, 0.4) is 0 Å². The van der Waals surface area contributed by atoms with Gasteiger partial charge in [-0.25, -0.2) is 0 Å². The third-order valence-electron chi connectivity index (χ3n) is 2.94. The molecule has 1 aromatic rings. The summed E-state index contributed by atoms with van der Waals surface area (Å²) in [5.41, 5.74) is 4.90. The largest absolute Gasteiger partial charge is 0.480 e. The second kappa shape index (κ2) is 4.77. The number of hydrogen-bond acceptors (Lipinski definition) is 4. The van der Waals surface area contributed by atoms with Gasteiger partial charge in [-0.1, -0.05) is 6.07 Å². The predicted octanol–water partition coefficient (Wildman–Crippen LogP) is 2.56. The maximum atomic E-state index is 11.1. The van der Waals surface area contributed by atoms with E-state index in [1.165, 1.54) is 4.21 Å². The Kier molecular flexibility index (Phi) is 3.56. The van der Waals surface area contributed by atoms with Crippen LogP contribution >= 0.6 is 23.1 Å². The Labute approximate surface area is 103 Å². The van der Waals surface area contributed by atoms with E-state index in [2.05, 4.69) is 6.07 Å². The molecule has 0 radical (unpaired) electrons. The number of carboxylic acid groups (broad SMARTS) is 1. The van der Waals surface area contributed by atoms with Crippen LogP contribution in [0, 0.1) is 0 Å². The minimum Gasteiger partial charge on any atom is -0.480 e. The summed E-state index contributed by atoms with van der Waals surface area (Å²) in [7, 11) is 0. The highest BCUT2D eigenvalue weighted by atomic mass is 32.2. The van der Waals surface area contributed by atoms with E-state index in [4.69, 9.17) is 10.8 Å². The minimum absolute atomic E-state index is 0.341. The number of nitrogens with two attached hydrogens (primary N) is 1. The average Bonchev–Trinajstić information content (AvgIpc) is 2.70. The highest BCUT2D eigenvalue weighted by Gasteiger charge is 2.39. The van der Waals surface area contributed by atoms with Gasteiger partial charge >= 0.3 is 5.97 Å². The highest BCUT2D eigenvalue weighted by Crippen LogP contribution is 2.38. The highest BCUT2D eigenvalue weighted by molar-refractivity contribution is 8.01. The first kappa shape index (κ1) is 12.0. The molecule has 0 saturated heterocycles. The third-order valence-corrected chi connectivity index (χ3v) is 5.29. The van der Waals surface area contributed by atoms with Crippen molar-refractivity contribution in [3.63, 3.8) is 0 Å². The van der Waals surface area contributed by atoms with Crippen molar-refractivity contribution >= 4 is 29.1 Å². The van der Waals surface area contributed by atoms with E-state index >= 15 is 0 Å². The zero-order valence-electron chi connectivity index (χ0n) is 8.89. The lowest BCUT2D eigenvalue weighted by Crippen LogP contribution is -2.51. The smallest absolute Gasteiger partial charge is 0.323 e. The van der Waals surface area contributed by atoms with Gasteiger partial charge in [-0.15, -0.1) is 23.1 Å². The molecule has 1 aromatic heterocycles. The summed E-state index contributed by atoms with van der Waals surface area (Å²) in [4.78, 5) is 11.1. The standard InChI is InChI=1S/C11H15NO2S2/c12-11(10(13)14)5-1-3-8(7-11)16-9-4-2-6-15-9/h2,4,6,8H,1,3,5,7,12H2,(H,13,14). The van der Waals surface area contributed by atoms with Crippen molar-refractivity contribution in [2.75, 3.05) is 0 Å². The van der Waals surface area contributed by atoms with E-state index in [-0.39, 0.29) is 0 Å². The lowest BCUT2D eigenvalue weighted by atomic mass is 9.82. The Balaban J connectivity index is 1.99. The summed E-state index contributed by atoms with van der Waals surface area (Å²) in [5, 5.41) is 11.5. The first-order chi connectivity index (χ1) is 7.60. The first-order valence-electron chi connectivity index (χ1n) is 5.33. The maximum Gasteiger partial charge on any atom is 0.323 e. The molecule has 0 amide bonds. The number of carbonyl (C=O) groups is 1. The van der Waals surface area contributed by atoms with Gasteiger partial charge in [-0.3, -0.25) is 4.79 Å². The van der Waals surface area contributed by atoms with Crippen LogP contribution in [0.15, 0.2) is 21.7 Å². The molecule has 1 heterocycles. The fourth-order valence-electron chi connectivity index (χ4n) is 2.05. The van der Waals surface area contributed by atoms with E-state index in [9.17, 15) is 4.79 Å². The molecule has 2 atom stereocenters. The normalized spacial score (nSPS) is 30.2. The lowest BCUT2D eigenvalue weighted by Gasteiger charge is -2.33. The second-order valence-electron chi connectivity index (χ2n) is 4.23. The lowest BCUT2D eigenvalue weighted by molar-refractivity contribution is -0.144. The minimum atomic E-state index is -1.01. The van der Waals surface area contributed by atoms with Crippen molar-refractivity contribution in [2.45, 2.75) is 40.7 Å². The molecule has 1 fully saturated rings. The number of thiophene rings is 1. The van der Waals surface area contributed by atoms with E-state index < -0.39 is 11.5 Å². The number of thioether (sulfide) groups is 1. The molecule has 2 unspecified atom stereocenters. The van der Waals surface area contributed by atoms with Crippen LogP contribution in [-0.4, -0.2) is 21.9 Å². The van der Waals surface area contributed by atoms with Crippen LogP contribution in [0.5, 0.6) is 0 Å². The number of hydrogen-bond donors (Lipinski definition) is 2. The van der Waals surface area contributed by atoms with Gasteiger partial charge < -0.3 is 10.8 Å². The molecule has 0 aromatic carbocycles. The molecule has 1 aliphatic carbocycles. The summed E-state index contributed by atoms with van der Waals surface area (Å²) in [6.45, 7) is 0. The molecule has 0 spiro atoms. The molecule has 0 aliphatic heterocycles. The van der Waals surface area contributed by atoms with Crippen molar-refractivity contribution in [1.82, 2.24) is 0 Å². The zero-order valence-corrected chi connectivity index (χ0v) is 10.5. The first-order valence-corrected chi connectivity index (χ1v) is 7.08. The molecular weight excluding hydrogens is 242 g/mol. The summed E-state index contributed by atoms with van der Waals surface area (Å²) in [6.07, 6.45) is 3.15. The SMILES string of the molecule is NC1(C(=O)O)CCCC(Sc2cccs2)C1. The molecule has 3 nitrogen and oxygen atoms in total. The van der Waals surface area contributed by atoms with E-state index in [0.29, 0.717) is 18.1 Å². The molecule has 0 bridgehead atoms. The average molecular weight is 257 g/mol. The maximum absolute atomic E-state index is 11.1. The van der Waals surface area contributed by atoms with Crippen LogP contribution in [0.1, 0.15) is 25.7 Å². The van der Waals surface area contributed by atoms with Gasteiger partial charge in [0.15, 0.2) is 0 Å². The van der Waals surface area contributed by atoms with E-state index in [0.717, 1.165) is 12.8 Å². The van der Waals surface area contributed by atoms with Crippen LogP contribution < -0.4 is 5.73 Å². The van der Waals surface area contributed by atoms with Gasteiger partial charge in [0.2, 0.25) is 0 Å². The van der Waals surface area contributed by atoms with Crippen molar-refractivity contribution in [3.05, 3.63) is 17.5 Å². The van der Waals surface area contributed by atoms with Crippen molar-refractivity contribution < 1.29 is 9.90 Å². The van der Waals surface area contributed by atoms with Crippen molar-refractivity contribution in [3.8, 4) is 0 Å². The number of aliphatic carboxylic acids is 1. The number of carboxylic acids is 1. The molecule has 1 aliphatic rings. The van der Waals surface area contributed by atoms with Crippen LogP contribution in [0.4, 0.5) is 0 Å². The zero-order chi connectivity index (χ0) is 11.6. The van der Waals surface area contributed by atoms with Crippen molar-refractivity contribution in [1.29, 1.82) is 0 Å². The molecule has 16 heavy (non-hydrogen) atoms. The Morgan fingerprint density at radius 3 is 3.12 bits per heavy atom. The summed E-state index contributed by atoms with van der Waals surface area (Å²) >= 11 is 3.47. The van der Waals surface area contributed by atoms with Gasteiger partial charge in [0.25, 0.3) is 0 Å². The Hall–Kier alpha value is -0.520. The van der Waals surface area contributed by atoms with Crippen molar-refractivity contribution in [2.24, 2.45) is 5.73 Å². The van der Waals surface area contributed by atoms with Crippen LogP contribution in [-0.2, 0) is 4.79 Å². The predicted molar refractivity (Wildman–Crippen MR) is 67.0 cm³/mol. The van der Waals surface area contributed by atoms with Gasteiger partial charge in [0.05, 0.1) is 4.21 Å². The Morgan fingerprint density at radius 1 is 1.69 bits per heavy atom. The second-order valence-corrected chi connectivity index (χ2v) is 6.78. The number of rotatable bonds is 3. The third kappa shape index (κ3) is 2.59. The molecule has 88 valence electrons. The van der Waals surface area contributed by atoms with Gasteiger partial charge in [0.1, 0.15) is 5.54 Å². The fourth-order valence-corrected chi connectivity index (χ4v) is 4.44. The van der Waals surface area contributed by atoms with Gasteiger partial charge in [-0.05, 0) is 37.1 Å². The molecule has 2 rings (SSSR count). The molecular formula is C11H15NO2S2. The van der Waals surface area contributed by atoms with E-state index in [1.54, 1.807) is 23.1 Å². The fraction of sp³-hybridized carbons (Fsp3) is 0.545. The van der Waals surface area contributed by atoms with E-state index in [1.807, 2.05) is 11.4 Å². The topological polar surface area (TPSA) is 63.3 Å². The van der Waals surface area contributed by atoms with Crippen LogP contribution in [0.25, 0.3) is 0 Å². The quantitative estimate of drug-likeness (QED) is 0.873. The molecule has 1 saturated carbocycles. The summed E-state index contributed by atoms with van der Waals surface area (Å²) in [5.74, 6) is -0.857. The Morgan fingerprint density at radius 2 is 2.50 bits per heavy atom. The summed E-state index contributed by atoms with van der Waals surface area (Å²) < 4.78 is 1.25. The molecule has 3 N–H and O–H groups in total. The Bertz CT molecular complexity index is 366. The summed E-state index contributed by atoms with van der Waals surface area (Å²) in [6, 6.07) is 4.09. The van der Waals surface area contributed by atoms with Crippen LogP contribution in [0.2, 0.25) is 0 Å². The molecule has 5 heteroatoms. The van der Waals surface area contributed by atoms with Gasteiger partial charge in [0, 0.05) is 5.25 Å².